The lowest BCUT2D eigenvalue weighted by atomic mass is 10.0. The molecule has 1 saturated heterocycles. The molecule has 2 aromatic carbocycles. The Morgan fingerprint density at radius 1 is 1.14 bits per heavy atom. The molecule has 0 aliphatic carbocycles. The van der Waals surface area contributed by atoms with E-state index in [9.17, 15) is 9.18 Å². The quantitative estimate of drug-likeness (QED) is 0.647. The number of pyridine rings is 1. The molecule has 2 heterocycles. The SMILES string of the molecule is CNC1CCCN(C(=O)c2cc(-c3ccc(F)cc3)nc3ccccc23)C1.Cl.Cl. The Hall–Kier alpha value is -2.21. The maximum absolute atomic E-state index is 13.3. The maximum atomic E-state index is 13.3. The van der Waals surface area contributed by atoms with Crippen LogP contribution in [0.15, 0.2) is 54.6 Å². The monoisotopic (exact) mass is 435 g/mol. The van der Waals surface area contributed by atoms with Crippen LogP contribution in [0.3, 0.4) is 0 Å². The van der Waals surface area contributed by atoms with Crippen molar-refractivity contribution in [2.24, 2.45) is 0 Å². The Kier molecular flexibility index (Phi) is 7.96. The van der Waals surface area contributed by atoms with Gasteiger partial charge in [0.15, 0.2) is 0 Å². The van der Waals surface area contributed by atoms with E-state index >= 15 is 0 Å². The van der Waals surface area contributed by atoms with Gasteiger partial charge in [-0.25, -0.2) is 9.37 Å². The molecule has 1 aromatic heterocycles. The molecule has 0 bridgehead atoms. The van der Waals surface area contributed by atoms with Crippen LogP contribution in [0.25, 0.3) is 22.2 Å². The lowest BCUT2D eigenvalue weighted by Crippen LogP contribution is -2.47. The summed E-state index contributed by atoms with van der Waals surface area (Å²) in [4.78, 5) is 19.9. The van der Waals surface area contributed by atoms with Gasteiger partial charge in [-0.15, -0.1) is 24.8 Å². The van der Waals surface area contributed by atoms with E-state index in [1.54, 1.807) is 12.1 Å². The first-order valence-electron chi connectivity index (χ1n) is 9.28. The minimum atomic E-state index is -0.290. The number of fused-ring (bicyclic) bond motifs is 1. The molecule has 7 heteroatoms. The first-order valence-corrected chi connectivity index (χ1v) is 9.28. The van der Waals surface area contributed by atoms with E-state index in [-0.39, 0.29) is 36.5 Å². The normalized spacial score (nSPS) is 16.1. The average molecular weight is 436 g/mol. The zero-order valence-corrected chi connectivity index (χ0v) is 17.7. The molecule has 4 rings (SSSR count). The number of likely N-dealkylation sites (tertiary alicyclic amines) is 1. The summed E-state index contributed by atoms with van der Waals surface area (Å²) in [6.07, 6.45) is 2.07. The Morgan fingerprint density at radius 2 is 1.86 bits per heavy atom. The number of halogens is 3. The van der Waals surface area contributed by atoms with Crippen LogP contribution in [0.4, 0.5) is 4.39 Å². The Labute approximate surface area is 182 Å². The molecule has 1 unspecified atom stereocenters. The third-order valence-corrected chi connectivity index (χ3v) is 5.20. The van der Waals surface area contributed by atoms with Crippen molar-refractivity contribution in [3.63, 3.8) is 0 Å². The van der Waals surface area contributed by atoms with E-state index < -0.39 is 0 Å². The van der Waals surface area contributed by atoms with E-state index in [0.29, 0.717) is 23.8 Å². The number of benzene rings is 2. The smallest absolute Gasteiger partial charge is 0.254 e. The van der Waals surface area contributed by atoms with Gasteiger partial charge in [-0.2, -0.15) is 0 Å². The van der Waals surface area contributed by atoms with Crippen LogP contribution in [0, 0.1) is 5.82 Å². The highest BCUT2D eigenvalue weighted by Gasteiger charge is 2.25. The highest BCUT2D eigenvalue weighted by Crippen LogP contribution is 2.27. The highest BCUT2D eigenvalue weighted by atomic mass is 35.5. The van der Waals surface area contributed by atoms with Gasteiger partial charge in [0.25, 0.3) is 5.91 Å². The molecule has 29 heavy (non-hydrogen) atoms. The summed E-state index contributed by atoms with van der Waals surface area (Å²) in [5.74, 6) is -0.265. The van der Waals surface area contributed by atoms with E-state index in [2.05, 4.69) is 10.3 Å². The molecule has 1 aliphatic rings. The molecular weight excluding hydrogens is 412 g/mol. The number of piperidine rings is 1. The number of rotatable bonds is 3. The summed E-state index contributed by atoms with van der Waals surface area (Å²) < 4.78 is 13.3. The summed E-state index contributed by atoms with van der Waals surface area (Å²) >= 11 is 0. The van der Waals surface area contributed by atoms with Gasteiger partial charge in [0.2, 0.25) is 0 Å². The number of likely N-dealkylation sites (N-methyl/N-ethyl adjacent to an activating group) is 1. The van der Waals surface area contributed by atoms with Crippen LogP contribution in [-0.2, 0) is 0 Å². The van der Waals surface area contributed by atoms with Gasteiger partial charge in [-0.05, 0) is 56.3 Å². The van der Waals surface area contributed by atoms with Crippen LogP contribution < -0.4 is 5.32 Å². The van der Waals surface area contributed by atoms with Crippen molar-refractivity contribution in [3.05, 3.63) is 66.0 Å². The Balaban J connectivity index is 0.00000150. The van der Waals surface area contributed by atoms with Crippen molar-refractivity contribution in [3.8, 4) is 11.3 Å². The van der Waals surface area contributed by atoms with Gasteiger partial charge >= 0.3 is 0 Å². The fourth-order valence-corrected chi connectivity index (χ4v) is 3.69. The van der Waals surface area contributed by atoms with Crippen LogP contribution in [0.1, 0.15) is 23.2 Å². The first kappa shape index (κ1) is 23.1. The maximum Gasteiger partial charge on any atom is 0.254 e. The number of nitrogens with one attached hydrogen (secondary N) is 1. The molecule has 4 nitrogen and oxygen atoms in total. The van der Waals surface area contributed by atoms with E-state index in [0.717, 1.165) is 35.9 Å². The van der Waals surface area contributed by atoms with Gasteiger partial charge in [0, 0.05) is 30.1 Å². The Bertz CT molecular complexity index is 981. The van der Waals surface area contributed by atoms with Gasteiger partial charge in [-0.3, -0.25) is 4.79 Å². The zero-order valence-electron chi connectivity index (χ0n) is 16.1. The minimum absolute atomic E-state index is 0. The number of nitrogens with zero attached hydrogens (tertiary/aromatic N) is 2. The predicted octanol–water partition coefficient (Wildman–Crippen LogP) is 4.71. The molecule has 1 aliphatic heterocycles. The third-order valence-electron chi connectivity index (χ3n) is 5.20. The van der Waals surface area contributed by atoms with E-state index in [4.69, 9.17) is 0 Å². The molecule has 0 spiro atoms. The van der Waals surface area contributed by atoms with Gasteiger partial charge < -0.3 is 10.2 Å². The third kappa shape index (κ3) is 4.86. The van der Waals surface area contributed by atoms with Crippen LogP contribution in [0.5, 0.6) is 0 Å². The van der Waals surface area contributed by atoms with Gasteiger partial charge in [0.1, 0.15) is 5.82 Å². The van der Waals surface area contributed by atoms with Gasteiger partial charge in [-0.1, -0.05) is 18.2 Å². The van der Waals surface area contributed by atoms with Crippen LogP contribution in [0.2, 0.25) is 0 Å². The van der Waals surface area contributed by atoms with Crippen molar-refractivity contribution in [2.45, 2.75) is 18.9 Å². The molecule has 1 amide bonds. The number of para-hydroxylation sites is 1. The summed E-state index contributed by atoms with van der Waals surface area (Å²) in [5.41, 5.74) is 2.89. The van der Waals surface area contributed by atoms with Crippen molar-refractivity contribution < 1.29 is 9.18 Å². The van der Waals surface area contributed by atoms with E-state index in [1.807, 2.05) is 42.3 Å². The second kappa shape index (κ2) is 10.0. The summed E-state index contributed by atoms with van der Waals surface area (Å²) in [6, 6.07) is 16.0. The standard InChI is InChI=1S/C22H22FN3O.2ClH/c1-24-17-5-4-12-26(14-17)22(27)19-13-21(15-8-10-16(23)11-9-15)25-20-7-3-2-6-18(19)20;;/h2-3,6-11,13,17,24H,4-5,12,14H2,1H3;2*1H. The van der Waals surface area contributed by atoms with Gasteiger partial charge in [0.05, 0.1) is 16.8 Å². The molecule has 0 radical (unpaired) electrons. The van der Waals surface area contributed by atoms with E-state index in [1.165, 1.54) is 12.1 Å². The first-order chi connectivity index (χ1) is 13.2. The summed E-state index contributed by atoms with van der Waals surface area (Å²) in [5, 5.41) is 4.13. The number of amides is 1. The lowest BCUT2D eigenvalue weighted by molar-refractivity contribution is 0.0700. The fraction of sp³-hybridized carbons (Fsp3) is 0.273. The molecule has 1 atom stereocenters. The summed E-state index contributed by atoms with van der Waals surface area (Å²) in [6.45, 7) is 1.47. The minimum Gasteiger partial charge on any atom is -0.337 e. The van der Waals surface area contributed by atoms with Crippen molar-refractivity contribution in [1.82, 2.24) is 15.2 Å². The summed E-state index contributed by atoms with van der Waals surface area (Å²) in [7, 11) is 1.94. The topological polar surface area (TPSA) is 45.2 Å². The fourth-order valence-electron chi connectivity index (χ4n) is 3.69. The largest absolute Gasteiger partial charge is 0.337 e. The molecule has 1 fully saturated rings. The van der Waals surface area contributed by atoms with Crippen molar-refractivity contribution in [1.29, 1.82) is 0 Å². The van der Waals surface area contributed by atoms with Crippen LogP contribution >= 0.6 is 24.8 Å². The average Bonchev–Trinajstić information content (AvgIpc) is 2.73. The van der Waals surface area contributed by atoms with Crippen molar-refractivity contribution in [2.75, 3.05) is 20.1 Å². The number of hydrogen-bond donors (Lipinski definition) is 1. The lowest BCUT2D eigenvalue weighted by Gasteiger charge is -2.33. The predicted molar refractivity (Wildman–Crippen MR) is 120 cm³/mol. The number of carbonyl (C=O) groups excluding carboxylic acids is 1. The second-order valence-electron chi connectivity index (χ2n) is 6.96. The molecule has 154 valence electrons. The Morgan fingerprint density at radius 3 is 2.59 bits per heavy atom. The van der Waals surface area contributed by atoms with Crippen LogP contribution in [-0.4, -0.2) is 42.0 Å². The number of hydrogen-bond acceptors (Lipinski definition) is 3. The van der Waals surface area contributed by atoms with Crippen molar-refractivity contribution >= 4 is 41.6 Å². The molecule has 1 N–H and O–H groups in total. The second-order valence-corrected chi connectivity index (χ2v) is 6.96. The molecule has 3 aromatic rings. The number of carbonyl (C=O) groups is 1. The molecular formula is C22H24Cl2FN3O. The zero-order chi connectivity index (χ0) is 18.8. The number of aromatic nitrogens is 1. The highest BCUT2D eigenvalue weighted by molar-refractivity contribution is 6.07. The molecule has 0 saturated carbocycles.